The van der Waals surface area contributed by atoms with Crippen LogP contribution >= 0.6 is 11.3 Å². The van der Waals surface area contributed by atoms with Crippen LogP contribution in [0.2, 0.25) is 0 Å². The van der Waals surface area contributed by atoms with Crippen LogP contribution in [0.5, 0.6) is 0 Å². The maximum atomic E-state index is 4.73. The van der Waals surface area contributed by atoms with Crippen LogP contribution < -0.4 is 5.32 Å². The summed E-state index contributed by atoms with van der Waals surface area (Å²) in [6.45, 7) is 13.1. The molecule has 0 amide bonds. The van der Waals surface area contributed by atoms with Gasteiger partial charge in [0.25, 0.3) is 0 Å². The van der Waals surface area contributed by atoms with Gasteiger partial charge in [-0.15, -0.1) is 11.3 Å². The molecule has 1 aromatic rings. The topological polar surface area (TPSA) is 28.2 Å². The molecule has 0 saturated heterocycles. The Labute approximate surface area is 122 Å². The number of rotatable bonds is 6. The molecule has 0 aliphatic heterocycles. The normalized spacial score (nSPS) is 14.4. The van der Waals surface area contributed by atoms with E-state index in [1.807, 2.05) is 0 Å². The Morgan fingerprint density at radius 2 is 1.95 bits per heavy atom. The molecule has 0 aliphatic carbocycles. The van der Waals surface area contributed by atoms with Crippen LogP contribution in [-0.4, -0.2) is 36.6 Å². The lowest BCUT2D eigenvalue weighted by atomic mass is 9.93. The van der Waals surface area contributed by atoms with Crippen LogP contribution in [-0.2, 0) is 12.0 Å². The largest absolute Gasteiger partial charge is 0.308 e. The lowest BCUT2D eigenvalue weighted by Gasteiger charge is -2.25. The van der Waals surface area contributed by atoms with E-state index in [4.69, 9.17) is 4.98 Å². The van der Waals surface area contributed by atoms with Gasteiger partial charge in [0, 0.05) is 29.9 Å². The Morgan fingerprint density at radius 3 is 2.37 bits per heavy atom. The first-order valence-electron chi connectivity index (χ1n) is 7.03. The zero-order valence-corrected chi connectivity index (χ0v) is 14.3. The van der Waals surface area contributed by atoms with Crippen molar-refractivity contribution in [1.29, 1.82) is 0 Å². The van der Waals surface area contributed by atoms with Crippen LogP contribution in [0.15, 0.2) is 5.38 Å². The Bertz CT molecular complexity index is 377. The average molecular weight is 283 g/mol. The van der Waals surface area contributed by atoms with Gasteiger partial charge in [-0.2, -0.15) is 0 Å². The van der Waals surface area contributed by atoms with Gasteiger partial charge in [0.1, 0.15) is 5.01 Å². The molecular formula is C15H29N3S. The van der Waals surface area contributed by atoms with Crippen molar-refractivity contribution >= 4 is 11.3 Å². The first-order valence-corrected chi connectivity index (χ1v) is 7.91. The molecule has 0 aromatic carbocycles. The standard InChI is InChI=1S/C15H29N3S/c1-11(2)12(9-18(6)7)16-8-14-17-13(10-19-14)15(3,4)5/h10-12,16H,8-9H2,1-7H3. The maximum Gasteiger partial charge on any atom is 0.107 e. The molecule has 4 heteroatoms. The van der Waals surface area contributed by atoms with E-state index >= 15 is 0 Å². The summed E-state index contributed by atoms with van der Waals surface area (Å²) in [5, 5.41) is 7.01. The summed E-state index contributed by atoms with van der Waals surface area (Å²) in [6.07, 6.45) is 0. The SMILES string of the molecule is CC(C)C(CN(C)C)NCc1nc(C(C)(C)C)cs1. The van der Waals surface area contributed by atoms with E-state index in [1.54, 1.807) is 11.3 Å². The van der Waals surface area contributed by atoms with Crippen LogP contribution in [0.1, 0.15) is 45.3 Å². The second-order valence-corrected chi connectivity index (χ2v) is 7.81. The molecule has 1 rings (SSSR count). The molecular weight excluding hydrogens is 254 g/mol. The number of aromatic nitrogens is 1. The van der Waals surface area contributed by atoms with Crippen molar-refractivity contribution < 1.29 is 0 Å². The third-order valence-corrected chi connectivity index (χ3v) is 4.05. The van der Waals surface area contributed by atoms with E-state index in [2.05, 4.69) is 64.3 Å². The van der Waals surface area contributed by atoms with Gasteiger partial charge in [-0.05, 0) is 20.0 Å². The second-order valence-electron chi connectivity index (χ2n) is 6.87. The highest BCUT2D eigenvalue weighted by Gasteiger charge is 2.18. The van der Waals surface area contributed by atoms with Gasteiger partial charge < -0.3 is 10.2 Å². The zero-order valence-electron chi connectivity index (χ0n) is 13.4. The molecule has 110 valence electrons. The van der Waals surface area contributed by atoms with Crippen molar-refractivity contribution in [3.8, 4) is 0 Å². The molecule has 0 saturated carbocycles. The fourth-order valence-corrected chi connectivity index (χ4v) is 2.83. The Kier molecular flexibility index (Phi) is 5.96. The van der Waals surface area contributed by atoms with Gasteiger partial charge in [-0.25, -0.2) is 4.98 Å². The Balaban J connectivity index is 2.57. The van der Waals surface area contributed by atoms with Crippen LogP contribution in [0.3, 0.4) is 0 Å². The quantitative estimate of drug-likeness (QED) is 0.869. The first kappa shape index (κ1) is 16.6. The Morgan fingerprint density at radius 1 is 1.32 bits per heavy atom. The maximum absolute atomic E-state index is 4.73. The minimum absolute atomic E-state index is 0.149. The minimum atomic E-state index is 0.149. The highest BCUT2D eigenvalue weighted by Crippen LogP contribution is 2.23. The van der Waals surface area contributed by atoms with Gasteiger partial charge in [-0.3, -0.25) is 0 Å². The zero-order chi connectivity index (χ0) is 14.6. The highest BCUT2D eigenvalue weighted by molar-refractivity contribution is 7.09. The molecule has 0 aliphatic rings. The predicted octanol–water partition coefficient (Wildman–Crippen LogP) is 3.12. The molecule has 0 radical (unpaired) electrons. The van der Waals surface area contributed by atoms with E-state index in [0.717, 1.165) is 13.1 Å². The average Bonchev–Trinajstić information content (AvgIpc) is 2.71. The summed E-state index contributed by atoms with van der Waals surface area (Å²) in [5.41, 5.74) is 1.35. The summed E-state index contributed by atoms with van der Waals surface area (Å²) in [4.78, 5) is 6.97. The molecule has 0 fully saturated rings. The molecule has 1 atom stereocenters. The molecule has 1 aromatic heterocycles. The van der Waals surface area contributed by atoms with Crippen molar-refractivity contribution in [2.45, 2.75) is 52.6 Å². The lowest BCUT2D eigenvalue weighted by molar-refractivity contribution is 0.288. The lowest BCUT2D eigenvalue weighted by Crippen LogP contribution is -2.41. The van der Waals surface area contributed by atoms with Gasteiger partial charge in [0.05, 0.1) is 5.69 Å². The summed E-state index contributed by atoms with van der Waals surface area (Å²) in [5.74, 6) is 0.629. The van der Waals surface area contributed by atoms with Crippen molar-refractivity contribution in [2.24, 2.45) is 5.92 Å². The molecule has 0 bridgehead atoms. The van der Waals surface area contributed by atoms with Crippen molar-refractivity contribution in [3.63, 3.8) is 0 Å². The van der Waals surface area contributed by atoms with Crippen molar-refractivity contribution in [3.05, 3.63) is 16.1 Å². The summed E-state index contributed by atoms with van der Waals surface area (Å²) < 4.78 is 0. The fraction of sp³-hybridized carbons (Fsp3) is 0.800. The van der Waals surface area contributed by atoms with Gasteiger partial charge in [0.2, 0.25) is 0 Å². The van der Waals surface area contributed by atoms with E-state index in [1.165, 1.54) is 10.7 Å². The van der Waals surface area contributed by atoms with Crippen LogP contribution in [0, 0.1) is 5.92 Å². The summed E-state index contributed by atoms with van der Waals surface area (Å²) in [6, 6.07) is 0.511. The molecule has 3 nitrogen and oxygen atoms in total. The number of hydrogen-bond donors (Lipinski definition) is 1. The third-order valence-electron chi connectivity index (χ3n) is 3.20. The van der Waals surface area contributed by atoms with E-state index in [9.17, 15) is 0 Å². The van der Waals surface area contributed by atoms with Crippen molar-refractivity contribution in [1.82, 2.24) is 15.2 Å². The highest BCUT2D eigenvalue weighted by atomic mass is 32.1. The van der Waals surface area contributed by atoms with Crippen LogP contribution in [0.25, 0.3) is 0 Å². The molecule has 1 heterocycles. The predicted molar refractivity (Wildman–Crippen MR) is 84.8 cm³/mol. The van der Waals surface area contributed by atoms with Crippen LogP contribution in [0.4, 0.5) is 0 Å². The molecule has 0 spiro atoms. The van der Waals surface area contributed by atoms with Gasteiger partial charge in [0.15, 0.2) is 0 Å². The summed E-state index contributed by atoms with van der Waals surface area (Å²) >= 11 is 1.76. The fourth-order valence-electron chi connectivity index (χ4n) is 1.86. The van der Waals surface area contributed by atoms with Gasteiger partial charge >= 0.3 is 0 Å². The molecule has 19 heavy (non-hydrogen) atoms. The number of hydrogen-bond acceptors (Lipinski definition) is 4. The molecule has 1 unspecified atom stereocenters. The number of likely N-dealkylation sites (N-methyl/N-ethyl adjacent to an activating group) is 1. The first-order chi connectivity index (χ1) is 8.70. The van der Waals surface area contributed by atoms with Gasteiger partial charge in [-0.1, -0.05) is 34.6 Å². The summed E-state index contributed by atoms with van der Waals surface area (Å²) in [7, 11) is 4.25. The minimum Gasteiger partial charge on any atom is -0.308 e. The second kappa shape index (κ2) is 6.82. The number of thiazole rings is 1. The molecule has 1 N–H and O–H groups in total. The van der Waals surface area contributed by atoms with E-state index in [0.29, 0.717) is 12.0 Å². The van der Waals surface area contributed by atoms with Crippen molar-refractivity contribution in [2.75, 3.05) is 20.6 Å². The number of nitrogens with zero attached hydrogens (tertiary/aromatic N) is 2. The van der Waals surface area contributed by atoms with E-state index in [-0.39, 0.29) is 5.41 Å². The van der Waals surface area contributed by atoms with E-state index < -0.39 is 0 Å². The Hall–Kier alpha value is -0.450. The monoisotopic (exact) mass is 283 g/mol. The third kappa shape index (κ3) is 5.59. The smallest absolute Gasteiger partial charge is 0.107 e. The number of nitrogens with one attached hydrogen (secondary N) is 1.